The van der Waals surface area contributed by atoms with Crippen LogP contribution >= 0.6 is 0 Å². The van der Waals surface area contributed by atoms with E-state index in [1.54, 1.807) is 14.2 Å². The number of carbonyl (C=O) groups excluding carboxylic acids is 2. The zero-order valence-corrected chi connectivity index (χ0v) is 14.6. The summed E-state index contributed by atoms with van der Waals surface area (Å²) in [5.74, 6) is 1.16. The van der Waals surface area contributed by atoms with Crippen LogP contribution in [0.25, 0.3) is 0 Å². The number of hydrogen-bond donors (Lipinski definition) is 2. The fraction of sp³-hybridized carbons (Fsp3) is 0.529. The van der Waals surface area contributed by atoms with Crippen LogP contribution in [0.4, 0.5) is 4.79 Å². The van der Waals surface area contributed by atoms with Gasteiger partial charge in [0.1, 0.15) is 11.5 Å². The zero-order valence-electron chi connectivity index (χ0n) is 14.6. The molecule has 0 unspecified atom stereocenters. The summed E-state index contributed by atoms with van der Waals surface area (Å²) in [6.45, 7) is 2.61. The van der Waals surface area contributed by atoms with Crippen molar-refractivity contribution in [2.75, 3.05) is 27.8 Å². The van der Waals surface area contributed by atoms with Crippen LogP contribution in [-0.2, 0) is 4.79 Å². The van der Waals surface area contributed by atoms with E-state index in [0.29, 0.717) is 0 Å². The molecule has 0 radical (unpaired) electrons. The van der Waals surface area contributed by atoms with Crippen molar-refractivity contribution in [3.05, 3.63) is 23.8 Å². The van der Waals surface area contributed by atoms with Crippen LogP contribution in [0.5, 0.6) is 11.5 Å². The highest BCUT2D eigenvalue weighted by molar-refractivity contribution is 5.96. The summed E-state index contributed by atoms with van der Waals surface area (Å²) >= 11 is 0. The molecule has 1 aliphatic rings. The lowest BCUT2D eigenvalue weighted by atomic mass is 10.0. The minimum atomic E-state index is -0.496. The average molecular weight is 335 g/mol. The number of hydrogen-bond acceptors (Lipinski definition) is 5. The Morgan fingerprint density at radius 3 is 2.67 bits per heavy atom. The molecule has 0 spiro atoms. The van der Waals surface area contributed by atoms with E-state index in [9.17, 15) is 9.59 Å². The molecule has 1 aromatic carbocycles. The molecule has 1 heterocycles. The van der Waals surface area contributed by atoms with Crippen LogP contribution in [0.2, 0.25) is 0 Å². The van der Waals surface area contributed by atoms with Crippen molar-refractivity contribution in [1.29, 1.82) is 0 Å². The van der Waals surface area contributed by atoms with Crippen LogP contribution in [0.15, 0.2) is 18.2 Å². The third-order valence-electron chi connectivity index (χ3n) is 4.43. The van der Waals surface area contributed by atoms with Gasteiger partial charge in [0.25, 0.3) is 0 Å². The first-order valence-corrected chi connectivity index (χ1v) is 8.02. The average Bonchev–Trinajstić information content (AvgIpc) is 3.09. The Kier molecular flexibility index (Phi) is 6.03. The fourth-order valence-corrected chi connectivity index (χ4v) is 3.11. The maximum Gasteiger partial charge on any atom is 0.321 e. The van der Waals surface area contributed by atoms with Gasteiger partial charge in [-0.1, -0.05) is 6.07 Å². The number of benzene rings is 1. The SMILES string of the molecule is CNC(=O)NC(=O)[C@@H](C)N1CCC[C@@H]1c1ccc(OC)cc1OC. The first kappa shape index (κ1) is 18.1. The Hall–Kier alpha value is -2.28. The van der Waals surface area contributed by atoms with Crippen LogP contribution in [0.1, 0.15) is 31.4 Å². The molecule has 1 saturated heterocycles. The summed E-state index contributed by atoms with van der Waals surface area (Å²) < 4.78 is 10.7. The molecule has 2 rings (SSSR count). The second kappa shape index (κ2) is 8.01. The van der Waals surface area contributed by atoms with Crippen molar-refractivity contribution in [2.45, 2.75) is 31.8 Å². The molecule has 1 aliphatic heterocycles. The largest absolute Gasteiger partial charge is 0.497 e. The predicted octanol–water partition coefficient (Wildman–Crippen LogP) is 1.68. The minimum absolute atomic E-state index is 0.0660. The van der Waals surface area contributed by atoms with Crippen molar-refractivity contribution in [3.63, 3.8) is 0 Å². The summed E-state index contributed by atoms with van der Waals surface area (Å²) in [6, 6.07) is 4.87. The Labute approximate surface area is 142 Å². The molecular formula is C17H25N3O4. The number of urea groups is 1. The van der Waals surface area contributed by atoms with E-state index in [-0.39, 0.29) is 11.9 Å². The van der Waals surface area contributed by atoms with Gasteiger partial charge < -0.3 is 14.8 Å². The van der Waals surface area contributed by atoms with Crippen molar-refractivity contribution in [1.82, 2.24) is 15.5 Å². The van der Waals surface area contributed by atoms with Gasteiger partial charge in [0, 0.05) is 24.7 Å². The van der Waals surface area contributed by atoms with Gasteiger partial charge in [0.15, 0.2) is 0 Å². The molecule has 3 amide bonds. The van der Waals surface area contributed by atoms with Gasteiger partial charge in [-0.05, 0) is 32.4 Å². The number of rotatable bonds is 5. The molecule has 2 atom stereocenters. The van der Waals surface area contributed by atoms with Gasteiger partial charge in [-0.3, -0.25) is 15.0 Å². The molecular weight excluding hydrogens is 310 g/mol. The van der Waals surface area contributed by atoms with Gasteiger partial charge in [0.2, 0.25) is 5.91 Å². The summed E-state index contributed by atoms with van der Waals surface area (Å²) in [6.07, 6.45) is 1.91. The van der Waals surface area contributed by atoms with E-state index >= 15 is 0 Å². The second-order valence-electron chi connectivity index (χ2n) is 5.75. The maximum atomic E-state index is 12.3. The number of nitrogens with one attached hydrogen (secondary N) is 2. The molecule has 7 nitrogen and oxygen atoms in total. The van der Waals surface area contributed by atoms with Crippen molar-refractivity contribution in [3.8, 4) is 11.5 Å². The van der Waals surface area contributed by atoms with Gasteiger partial charge >= 0.3 is 6.03 Å². The Bertz CT molecular complexity index is 605. The molecule has 7 heteroatoms. The minimum Gasteiger partial charge on any atom is -0.497 e. The lowest BCUT2D eigenvalue weighted by Gasteiger charge is -2.30. The van der Waals surface area contributed by atoms with Gasteiger partial charge in [0.05, 0.1) is 20.3 Å². The topological polar surface area (TPSA) is 79.9 Å². The van der Waals surface area contributed by atoms with E-state index in [2.05, 4.69) is 15.5 Å². The zero-order chi connectivity index (χ0) is 17.7. The van der Waals surface area contributed by atoms with Crippen molar-refractivity contribution >= 4 is 11.9 Å². The molecule has 1 aromatic rings. The lowest BCUT2D eigenvalue weighted by Crippen LogP contribution is -2.48. The number of amides is 3. The highest BCUT2D eigenvalue weighted by Gasteiger charge is 2.34. The third-order valence-corrected chi connectivity index (χ3v) is 4.43. The molecule has 0 saturated carbocycles. The molecule has 24 heavy (non-hydrogen) atoms. The molecule has 2 N–H and O–H groups in total. The number of nitrogens with zero attached hydrogens (tertiary/aromatic N) is 1. The van der Waals surface area contributed by atoms with E-state index < -0.39 is 12.1 Å². The summed E-state index contributed by atoms with van der Waals surface area (Å²) in [7, 11) is 4.72. The van der Waals surface area contributed by atoms with Crippen molar-refractivity contribution in [2.24, 2.45) is 0 Å². The lowest BCUT2D eigenvalue weighted by molar-refractivity contribution is -0.125. The number of methoxy groups -OCH3 is 2. The number of likely N-dealkylation sites (tertiary alicyclic amines) is 1. The highest BCUT2D eigenvalue weighted by atomic mass is 16.5. The number of ether oxygens (including phenoxy) is 2. The van der Waals surface area contributed by atoms with E-state index in [4.69, 9.17) is 9.47 Å². The number of carbonyl (C=O) groups is 2. The van der Waals surface area contributed by atoms with Gasteiger partial charge in [-0.2, -0.15) is 0 Å². The molecule has 1 fully saturated rings. The summed E-state index contributed by atoms with van der Waals surface area (Å²) in [4.78, 5) is 25.7. The second-order valence-corrected chi connectivity index (χ2v) is 5.75. The highest BCUT2D eigenvalue weighted by Crippen LogP contribution is 2.39. The first-order valence-electron chi connectivity index (χ1n) is 8.02. The normalized spacial score (nSPS) is 18.8. The van der Waals surface area contributed by atoms with Gasteiger partial charge in [-0.25, -0.2) is 4.79 Å². The smallest absolute Gasteiger partial charge is 0.321 e. The molecule has 0 bridgehead atoms. The van der Waals surface area contributed by atoms with Crippen LogP contribution in [-0.4, -0.2) is 50.7 Å². The molecule has 132 valence electrons. The Balaban J connectivity index is 2.21. The summed E-state index contributed by atoms with van der Waals surface area (Å²) in [5, 5.41) is 4.74. The van der Waals surface area contributed by atoms with Crippen LogP contribution in [0.3, 0.4) is 0 Å². The monoisotopic (exact) mass is 335 g/mol. The standard InChI is InChI=1S/C17H25N3O4/c1-11(16(21)19-17(22)18-2)20-9-5-6-14(20)13-8-7-12(23-3)10-15(13)24-4/h7-8,10-11,14H,5-6,9H2,1-4H3,(H2,18,19,21,22)/t11-,14-/m1/s1. The van der Waals surface area contributed by atoms with E-state index in [1.165, 1.54) is 7.05 Å². The third kappa shape index (κ3) is 3.79. The van der Waals surface area contributed by atoms with Crippen molar-refractivity contribution < 1.29 is 19.1 Å². The first-order chi connectivity index (χ1) is 11.5. The molecule has 0 aromatic heterocycles. The van der Waals surface area contributed by atoms with E-state index in [1.807, 2.05) is 25.1 Å². The predicted molar refractivity (Wildman–Crippen MR) is 90.3 cm³/mol. The summed E-state index contributed by atoms with van der Waals surface area (Å²) in [5.41, 5.74) is 1.02. The fourth-order valence-electron chi connectivity index (χ4n) is 3.11. The Morgan fingerprint density at radius 1 is 1.29 bits per heavy atom. The Morgan fingerprint density at radius 2 is 2.04 bits per heavy atom. The molecule has 0 aliphatic carbocycles. The van der Waals surface area contributed by atoms with Gasteiger partial charge in [-0.15, -0.1) is 0 Å². The number of imide groups is 1. The maximum absolute atomic E-state index is 12.3. The van der Waals surface area contributed by atoms with E-state index in [0.717, 1.165) is 36.4 Å². The van der Waals surface area contributed by atoms with Crippen LogP contribution < -0.4 is 20.1 Å². The van der Waals surface area contributed by atoms with Crippen LogP contribution in [0, 0.1) is 0 Å². The quantitative estimate of drug-likeness (QED) is 0.856.